The van der Waals surface area contributed by atoms with E-state index in [0.717, 1.165) is 50.5 Å². The molecular weight excluding hydrogens is 248 g/mol. The molecular formula is C16H20N4. The van der Waals surface area contributed by atoms with E-state index >= 15 is 0 Å². The minimum Gasteiger partial charge on any atom is -0.366 e. The number of aromatic nitrogens is 1. The topological polar surface area (TPSA) is 44.0 Å². The molecule has 2 heterocycles. The second-order valence-electron chi connectivity index (χ2n) is 5.21. The van der Waals surface area contributed by atoms with Crippen molar-refractivity contribution < 1.29 is 0 Å². The Morgan fingerprint density at radius 1 is 1.25 bits per heavy atom. The molecule has 0 amide bonds. The molecule has 0 unspecified atom stereocenters. The van der Waals surface area contributed by atoms with Gasteiger partial charge in [-0.3, -0.25) is 0 Å². The minimum atomic E-state index is 0.815. The number of aryl methyl sites for hydroxylation is 1. The van der Waals surface area contributed by atoms with Crippen LogP contribution in [0.25, 0.3) is 10.9 Å². The van der Waals surface area contributed by atoms with Crippen LogP contribution in [0.15, 0.2) is 24.3 Å². The molecule has 4 nitrogen and oxygen atoms in total. The average molecular weight is 268 g/mol. The molecule has 104 valence electrons. The zero-order valence-electron chi connectivity index (χ0n) is 11.9. The molecule has 1 aromatic carbocycles. The maximum Gasteiger partial charge on any atom is 0.145 e. The maximum atomic E-state index is 9.64. The number of fused-ring (bicyclic) bond motifs is 1. The summed E-state index contributed by atoms with van der Waals surface area (Å²) in [5.41, 5.74) is 3.12. The molecule has 0 spiro atoms. The number of nitriles is 1. The van der Waals surface area contributed by atoms with Gasteiger partial charge in [-0.25, -0.2) is 0 Å². The van der Waals surface area contributed by atoms with Gasteiger partial charge in [0.1, 0.15) is 11.8 Å². The predicted molar refractivity (Wildman–Crippen MR) is 82.0 cm³/mol. The summed E-state index contributed by atoms with van der Waals surface area (Å²) in [5.74, 6) is 0. The van der Waals surface area contributed by atoms with Crippen molar-refractivity contribution in [2.75, 3.05) is 31.1 Å². The Labute approximate surface area is 119 Å². The molecule has 1 aliphatic rings. The summed E-state index contributed by atoms with van der Waals surface area (Å²) < 4.78 is 2.17. The fraction of sp³-hybridized carbons (Fsp3) is 0.438. The Kier molecular flexibility index (Phi) is 3.62. The summed E-state index contributed by atoms with van der Waals surface area (Å²) in [6, 6.07) is 10.8. The first kappa shape index (κ1) is 13.0. The summed E-state index contributed by atoms with van der Waals surface area (Å²) in [6.45, 7) is 6.95. The summed E-state index contributed by atoms with van der Waals surface area (Å²) in [6.07, 6.45) is 1.04. The van der Waals surface area contributed by atoms with Gasteiger partial charge in [0.2, 0.25) is 0 Å². The fourth-order valence-electron chi connectivity index (χ4n) is 3.06. The minimum absolute atomic E-state index is 0.815. The molecule has 0 bridgehead atoms. The molecule has 2 aromatic rings. The van der Waals surface area contributed by atoms with Crippen molar-refractivity contribution in [1.29, 1.82) is 5.26 Å². The van der Waals surface area contributed by atoms with Gasteiger partial charge in [-0.1, -0.05) is 25.1 Å². The largest absolute Gasteiger partial charge is 0.366 e. The molecule has 0 saturated carbocycles. The first-order valence-corrected chi connectivity index (χ1v) is 7.33. The van der Waals surface area contributed by atoms with Crippen LogP contribution in [-0.2, 0) is 6.54 Å². The molecule has 1 N–H and O–H groups in total. The molecule has 0 atom stereocenters. The van der Waals surface area contributed by atoms with E-state index in [4.69, 9.17) is 0 Å². The molecule has 0 aliphatic carbocycles. The van der Waals surface area contributed by atoms with Crippen LogP contribution in [0.4, 0.5) is 5.69 Å². The van der Waals surface area contributed by atoms with Gasteiger partial charge in [-0.2, -0.15) is 5.26 Å². The third-order valence-electron chi connectivity index (χ3n) is 3.93. The second kappa shape index (κ2) is 5.56. The molecule has 20 heavy (non-hydrogen) atoms. The highest BCUT2D eigenvalue weighted by atomic mass is 15.2. The molecule has 4 heteroatoms. The van der Waals surface area contributed by atoms with Crippen molar-refractivity contribution in [3.63, 3.8) is 0 Å². The Balaban J connectivity index is 2.21. The van der Waals surface area contributed by atoms with Crippen LogP contribution in [0.3, 0.4) is 0 Å². The number of benzene rings is 1. The first-order chi connectivity index (χ1) is 9.86. The van der Waals surface area contributed by atoms with E-state index in [1.165, 1.54) is 10.9 Å². The Morgan fingerprint density at radius 2 is 2.00 bits per heavy atom. The average Bonchev–Trinajstić information content (AvgIpc) is 2.82. The van der Waals surface area contributed by atoms with Gasteiger partial charge in [0, 0.05) is 38.1 Å². The fourth-order valence-corrected chi connectivity index (χ4v) is 3.06. The smallest absolute Gasteiger partial charge is 0.145 e. The van der Waals surface area contributed by atoms with Gasteiger partial charge in [-0.05, 0) is 12.5 Å². The van der Waals surface area contributed by atoms with Gasteiger partial charge in [0.05, 0.1) is 11.2 Å². The normalized spacial score (nSPS) is 15.5. The molecule has 1 saturated heterocycles. The number of para-hydroxylation sites is 1. The molecule has 3 rings (SSSR count). The van der Waals surface area contributed by atoms with Crippen molar-refractivity contribution >= 4 is 16.6 Å². The second-order valence-corrected chi connectivity index (χ2v) is 5.21. The lowest BCUT2D eigenvalue weighted by Crippen LogP contribution is -2.43. The van der Waals surface area contributed by atoms with Crippen LogP contribution in [0.2, 0.25) is 0 Å². The molecule has 0 radical (unpaired) electrons. The number of hydrogen-bond donors (Lipinski definition) is 1. The highest BCUT2D eigenvalue weighted by Gasteiger charge is 2.22. The number of rotatable bonds is 3. The number of nitrogens with one attached hydrogen (secondary N) is 1. The predicted octanol–water partition coefficient (Wildman–Crippen LogP) is 2.33. The number of piperazine rings is 1. The SMILES string of the molecule is CCCn1c(C#N)c(N2CCNCC2)c2ccccc21. The van der Waals surface area contributed by atoms with Crippen molar-refractivity contribution in [1.82, 2.24) is 9.88 Å². The zero-order chi connectivity index (χ0) is 13.9. The zero-order valence-corrected chi connectivity index (χ0v) is 11.9. The van der Waals surface area contributed by atoms with Gasteiger partial charge in [-0.15, -0.1) is 0 Å². The highest BCUT2D eigenvalue weighted by molar-refractivity contribution is 5.97. The Hall–Kier alpha value is -1.99. The van der Waals surface area contributed by atoms with Crippen molar-refractivity contribution in [3.05, 3.63) is 30.0 Å². The van der Waals surface area contributed by atoms with E-state index in [2.05, 4.69) is 52.0 Å². The Morgan fingerprint density at radius 3 is 2.70 bits per heavy atom. The van der Waals surface area contributed by atoms with E-state index in [9.17, 15) is 5.26 Å². The van der Waals surface area contributed by atoms with E-state index in [-0.39, 0.29) is 0 Å². The van der Waals surface area contributed by atoms with E-state index in [1.54, 1.807) is 0 Å². The summed E-state index contributed by atoms with van der Waals surface area (Å²) in [4.78, 5) is 2.35. The summed E-state index contributed by atoms with van der Waals surface area (Å²) in [5, 5.41) is 14.2. The van der Waals surface area contributed by atoms with Crippen LogP contribution in [0, 0.1) is 11.3 Å². The third kappa shape index (κ3) is 2.04. The van der Waals surface area contributed by atoms with Crippen LogP contribution >= 0.6 is 0 Å². The van der Waals surface area contributed by atoms with E-state index in [0.29, 0.717) is 0 Å². The monoisotopic (exact) mass is 268 g/mol. The standard InChI is InChI=1S/C16H20N4/c1-2-9-20-14-6-4-3-5-13(14)16(15(20)12-17)19-10-7-18-8-11-19/h3-6,18H,2,7-11H2,1H3. The maximum absolute atomic E-state index is 9.64. The van der Waals surface area contributed by atoms with Crippen molar-refractivity contribution in [2.24, 2.45) is 0 Å². The number of anilines is 1. The van der Waals surface area contributed by atoms with Gasteiger partial charge >= 0.3 is 0 Å². The highest BCUT2D eigenvalue weighted by Crippen LogP contribution is 2.34. The Bertz CT molecular complexity index is 644. The lowest BCUT2D eigenvalue weighted by atomic mass is 10.2. The van der Waals surface area contributed by atoms with Crippen LogP contribution in [-0.4, -0.2) is 30.7 Å². The molecule has 1 aromatic heterocycles. The van der Waals surface area contributed by atoms with E-state index < -0.39 is 0 Å². The van der Waals surface area contributed by atoms with Gasteiger partial charge < -0.3 is 14.8 Å². The molecule has 1 aliphatic heterocycles. The van der Waals surface area contributed by atoms with Gasteiger partial charge in [0.25, 0.3) is 0 Å². The van der Waals surface area contributed by atoms with Crippen molar-refractivity contribution in [3.8, 4) is 6.07 Å². The first-order valence-electron chi connectivity index (χ1n) is 7.33. The number of nitrogens with zero attached hydrogens (tertiary/aromatic N) is 3. The summed E-state index contributed by atoms with van der Waals surface area (Å²) >= 11 is 0. The number of hydrogen-bond acceptors (Lipinski definition) is 3. The summed E-state index contributed by atoms with van der Waals surface area (Å²) in [7, 11) is 0. The van der Waals surface area contributed by atoms with Crippen LogP contribution < -0.4 is 10.2 Å². The van der Waals surface area contributed by atoms with Crippen LogP contribution in [0.1, 0.15) is 19.0 Å². The van der Waals surface area contributed by atoms with Crippen LogP contribution in [0.5, 0.6) is 0 Å². The molecule has 1 fully saturated rings. The van der Waals surface area contributed by atoms with Crippen molar-refractivity contribution in [2.45, 2.75) is 19.9 Å². The quantitative estimate of drug-likeness (QED) is 0.929. The van der Waals surface area contributed by atoms with E-state index in [1.807, 2.05) is 0 Å². The van der Waals surface area contributed by atoms with Gasteiger partial charge in [0.15, 0.2) is 0 Å². The lowest BCUT2D eigenvalue weighted by Gasteiger charge is -2.29. The third-order valence-corrected chi connectivity index (χ3v) is 3.93. The lowest BCUT2D eigenvalue weighted by molar-refractivity contribution is 0.588.